The maximum Gasteiger partial charge on any atom is 0.309 e. The molecule has 0 bridgehead atoms. The number of hydrogen-bond donors (Lipinski definition) is 1. The molecule has 1 aromatic carbocycles. The fourth-order valence-corrected chi connectivity index (χ4v) is 2.64. The van der Waals surface area contributed by atoms with Gasteiger partial charge in [0, 0.05) is 0 Å². The lowest BCUT2D eigenvalue weighted by Crippen LogP contribution is -2.38. The predicted octanol–water partition coefficient (Wildman–Crippen LogP) is 2.99. The van der Waals surface area contributed by atoms with Gasteiger partial charge in [-0.3, -0.25) is 9.59 Å². The van der Waals surface area contributed by atoms with Gasteiger partial charge in [-0.15, -0.1) is 0 Å². The lowest BCUT2D eigenvalue weighted by Gasteiger charge is -2.19. The molecule has 1 aromatic rings. The summed E-state index contributed by atoms with van der Waals surface area (Å²) in [4.78, 5) is 24.0. The quantitative estimate of drug-likeness (QED) is 0.848. The molecule has 0 heterocycles. The monoisotopic (exact) mass is 289 g/mol. The number of nitrogens with one attached hydrogen (secondary N) is 1. The summed E-state index contributed by atoms with van der Waals surface area (Å²) >= 11 is 0. The Labute approximate surface area is 125 Å². The third kappa shape index (κ3) is 4.31. The van der Waals surface area contributed by atoms with Crippen LogP contribution in [0.15, 0.2) is 30.3 Å². The zero-order valence-electron chi connectivity index (χ0n) is 12.7. The van der Waals surface area contributed by atoms with Gasteiger partial charge < -0.3 is 10.1 Å². The normalized spacial score (nSPS) is 18.0. The Hall–Kier alpha value is -1.84. The van der Waals surface area contributed by atoms with Gasteiger partial charge in [-0.2, -0.15) is 0 Å². The molecule has 1 saturated carbocycles. The SMILES string of the molecule is CC(OC(=O)C1CCCC1)C(=O)NC(C)c1ccccc1. The lowest BCUT2D eigenvalue weighted by atomic mass is 10.1. The van der Waals surface area contributed by atoms with Crippen LogP contribution in [0.1, 0.15) is 51.1 Å². The summed E-state index contributed by atoms with van der Waals surface area (Å²) in [6.07, 6.45) is 3.17. The molecule has 0 saturated heterocycles. The summed E-state index contributed by atoms with van der Waals surface area (Å²) < 4.78 is 5.28. The van der Waals surface area contributed by atoms with Gasteiger partial charge in [-0.05, 0) is 32.3 Å². The Kier molecular flexibility index (Phi) is 5.37. The molecule has 4 nitrogen and oxygen atoms in total. The number of carbonyl (C=O) groups is 2. The van der Waals surface area contributed by atoms with E-state index in [0.29, 0.717) is 0 Å². The molecular weight excluding hydrogens is 266 g/mol. The van der Waals surface area contributed by atoms with Crippen LogP contribution in [0.2, 0.25) is 0 Å². The van der Waals surface area contributed by atoms with Crippen LogP contribution in [-0.2, 0) is 14.3 Å². The molecule has 2 unspecified atom stereocenters. The van der Waals surface area contributed by atoms with Gasteiger partial charge in [0.2, 0.25) is 0 Å². The first-order valence-electron chi connectivity index (χ1n) is 7.63. The number of rotatable bonds is 5. The zero-order valence-corrected chi connectivity index (χ0v) is 12.7. The van der Waals surface area contributed by atoms with Gasteiger partial charge in [0.15, 0.2) is 6.10 Å². The van der Waals surface area contributed by atoms with Crippen molar-refractivity contribution < 1.29 is 14.3 Å². The van der Waals surface area contributed by atoms with Crippen LogP contribution in [0.5, 0.6) is 0 Å². The smallest absolute Gasteiger partial charge is 0.309 e. The number of amides is 1. The highest BCUT2D eigenvalue weighted by Gasteiger charge is 2.27. The third-order valence-electron chi connectivity index (χ3n) is 4.01. The van der Waals surface area contributed by atoms with Crippen LogP contribution >= 0.6 is 0 Å². The molecule has 1 amide bonds. The second kappa shape index (κ2) is 7.25. The minimum absolute atomic E-state index is 0.0215. The van der Waals surface area contributed by atoms with E-state index < -0.39 is 6.10 Å². The summed E-state index contributed by atoms with van der Waals surface area (Å²) in [6.45, 7) is 3.54. The highest BCUT2D eigenvalue weighted by Crippen LogP contribution is 2.26. The summed E-state index contributed by atoms with van der Waals surface area (Å²) in [5.41, 5.74) is 1.03. The fourth-order valence-electron chi connectivity index (χ4n) is 2.64. The van der Waals surface area contributed by atoms with Crippen molar-refractivity contribution >= 4 is 11.9 Å². The van der Waals surface area contributed by atoms with E-state index in [-0.39, 0.29) is 23.8 Å². The van der Waals surface area contributed by atoms with Crippen molar-refractivity contribution in [2.24, 2.45) is 5.92 Å². The Morgan fingerprint density at radius 2 is 1.76 bits per heavy atom. The highest BCUT2D eigenvalue weighted by molar-refractivity contribution is 5.84. The number of benzene rings is 1. The van der Waals surface area contributed by atoms with Crippen molar-refractivity contribution in [1.82, 2.24) is 5.32 Å². The van der Waals surface area contributed by atoms with Crippen molar-refractivity contribution in [3.05, 3.63) is 35.9 Å². The summed E-state index contributed by atoms with van der Waals surface area (Å²) in [5, 5.41) is 2.88. The molecule has 2 rings (SSSR count). The van der Waals surface area contributed by atoms with Crippen LogP contribution in [0, 0.1) is 5.92 Å². The maximum absolute atomic E-state index is 12.1. The van der Waals surface area contributed by atoms with Crippen molar-refractivity contribution in [3.8, 4) is 0 Å². The lowest BCUT2D eigenvalue weighted by molar-refractivity contribution is -0.158. The Morgan fingerprint density at radius 3 is 2.38 bits per heavy atom. The van der Waals surface area contributed by atoms with Crippen molar-refractivity contribution in [2.45, 2.75) is 51.7 Å². The summed E-state index contributed by atoms with van der Waals surface area (Å²) in [7, 11) is 0. The molecule has 1 aliphatic carbocycles. The van der Waals surface area contributed by atoms with Crippen LogP contribution < -0.4 is 5.32 Å². The van der Waals surface area contributed by atoms with Crippen molar-refractivity contribution in [3.63, 3.8) is 0 Å². The average molecular weight is 289 g/mol. The topological polar surface area (TPSA) is 55.4 Å². The molecule has 0 radical (unpaired) electrons. The van der Waals surface area contributed by atoms with Gasteiger partial charge in [-0.25, -0.2) is 0 Å². The first-order valence-corrected chi connectivity index (χ1v) is 7.63. The standard InChI is InChI=1S/C17H23NO3/c1-12(14-8-4-3-5-9-14)18-16(19)13(2)21-17(20)15-10-6-7-11-15/h3-5,8-9,12-13,15H,6-7,10-11H2,1-2H3,(H,18,19). The van der Waals surface area contributed by atoms with E-state index in [0.717, 1.165) is 31.2 Å². The first kappa shape index (κ1) is 15.5. The molecule has 1 fully saturated rings. The molecule has 1 N–H and O–H groups in total. The Morgan fingerprint density at radius 1 is 1.14 bits per heavy atom. The van der Waals surface area contributed by atoms with E-state index in [9.17, 15) is 9.59 Å². The van der Waals surface area contributed by atoms with Crippen LogP contribution in [0.3, 0.4) is 0 Å². The van der Waals surface area contributed by atoms with Crippen LogP contribution in [-0.4, -0.2) is 18.0 Å². The van der Waals surface area contributed by atoms with Crippen LogP contribution in [0.25, 0.3) is 0 Å². The minimum Gasteiger partial charge on any atom is -0.452 e. The van der Waals surface area contributed by atoms with Crippen LogP contribution in [0.4, 0.5) is 0 Å². The molecule has 21 heavy (non-hydrogen) atoms. The van der Waals surface area contributed by atoms with E-state index in [4.69, 9.17) is 4.74 Å². The molecule has 0 aromatic heterocycles. The van der Waals surface area contributed by atoms with Gasteiger partial charge in [-0.1, -0.05) is 43.2 Å². The molecular formula is C17H23NO3. The first-order chi connectivity index (χ1) is 10.1. The molecule has 114 valence electrons. The zero-order chi connectivity index (χ0) is 15.2. The van der Waals surface area contributed by atoms with Gasteiger partial charge >= 0.3 is 5.97 Å². The third-order valence-corrected chi connectivity index (χ3v) is 4.01. The fraction of sp³-hybridized carbons (Fsp3) is 0.529. The largest absolute Gasteiger partial charge is 0.452 e. The number of carbonyl (C=O) groups excluding carboxylic acids is 2. The molecule has 1 aliphatic rings. The van der Waals surface area contributed by atoms with E-state index >= 15 is 0 Å². The number of ether oxygens (including phenoxy) is 1. The summed E-state index contributed by atoms with van der Waals surface area (Å²) in [5.74, 6) is -0.507. The molecule has 0 spiro atoms. The minimum atomic E-state index is -0.746. The highest BCUT2D eigenvalue weighted by atomic mass is 16.5. The predicted molar refractivity (Wildman–Crippen MR) is 80.5 cm³/mol. The van der Waals surface area contributed by atoms with E-state index in [1.165, 1.54) is 0 Å². The molecule has 2 atom stereocenters. The van der Waals surface area contributed by atoms with Crippen molar-refractivity contribution in [2.75, 3.05) is 0 Å². The Balaban J connectivity index is 1.83. The van der Waals surface area contributed by atoms with E-state index in [2.05, 4.69) is 5.32 Å². The van der Waals surface area contributed by atoms with Gasteiger partial charge in [0.1, 0.15) is 0 Å². The summed E-state index contributed by atoms with van der Waals surface area (Å²) in [6, 6.07) is 9.61. The second-order valence-corrected chi connectivity index (χ2v) is 5.70. The van der Waals surface area contributed by atoms with Crippen molar-refractivity contribution in [1.29, 1.82) is 0 Å². The molecule has 0 aliphatic heterocycles. The van der Waals surface area contributed by atoms with Gasteiger partial charge in [0.05, 0.1) is 12.0 Å². The maximum atomic E-state index is 12.1. The average Bonchev–Trinajstić information content (AvgIpc) is 3.02. The second-order valence-electron chi connectivity index (χ2n) is 5.70. The van der Waals surface area contributed by atoms with Gasteiger partial charge in [0.25, 0.3) is 5.91 Å². The number of hydrogen-bond acceptors (Lipinski definition) is 3. The van der Waals surface area contributed by atoms with E-state index in [1.54, 1.807) is 6.92 Å². The Bertz CT molecular complexity index is 480. The molecule has 4 heteroatoms. The number of esters is 1. The van der Waals surface area contributed by atoms with E-state index in [1.807, 2.05) is 37.3 Å².